The van der Waals surface area contributed by atoms with E-state index in [0.717, 1.165) is 21.8 Å². The minimum atomic E-state index is -0.481. The van der Waals surface area contributed by atoms with Crippen LogP contribution in [0.25, 0.3) is 21.8 Å². The molecule has 6 nitrogen and oxygen atoms in total. The zero-order valence-electron chi connectivity index (χ0n) is 13.7. The average Bonchev–Trinajstić information content (AvgIpc) is 2.68. The monoisotopic (exact) mass is 344 g/mol. The summed E-state index contributed by atoms with van der Waals surface area (Å²) in [5.41, 5.74) is 2.13. The second-order valence-electron chi connectivity index (χ2n) is 5.94. The lowest BCUT2D eigenvalue weighted by atomic mass is 10.1. The molecule has 0 spiro atoms. The lowest BCUT2D eigenvalue weighted by molar-refractivity contribution is -0.656. The normalized spacial score (nSPS) is 10.9. The molecule has 0 aliphatic heterocycles. The van der Waals surface area contributed by atoms with E-state index in [9.17, 15) is 14.9 Å². The van der Waals surface area contributed by atoms with Crippen molar-refractivity contribution < 1.29 is 14.3 Å². The quantitative estimate of drug-likeness (QED) is 0.187. The molecule has 0 aliphatic rings. The molecule has 4 aromatic rings. The van der Waals surface area contributed by atoms with Crippen LogP contribution in [0.4, 0.5) is 5.69 Å². The van der Waals surface area contributed by atoms with Crippen molar-refractivity contribution in [3.8, 4) is 0 Å². The van der Waals surface area contributed by atoms with Crippen molar-refractivity contribution in [1.82, 2.24) is 4.98 Å². The first-order chi connectivity index (χ1) is 12.6. The third-order valence-corrected chi connectivity index (χ3v) is 4.32. The van der Waals surface area contributed by atoms with Gasteiger partial charge in [0.15, 0.2) is 6.20 Å². The molecule has 0 saturated heterocycles. The standard InChI is InChI=1S/C20H14N3O3/c24-18(14-7-9-17(10-8-14)23(25)26)13-22-12-2-4-16-6-5-15-3-1-11-21-19(15)20(16)22/h1-12H,13H2/q+1. The summed E-state index contributed by atoms with van der Waals surface area (Å²) in [5.74, 6) is -0.120. The Morgan fingerprint density at radius 3 is 2.50 bits per heavy atom. The van der Waals surface area contributed by atoms with Gasteiger partial charge in [0, 0.05) is 40.7 Å². The maximum Gasteiger partial charge on any atom is 0.269 e. The lowest BCUT2D eigenvalue weighted by Gasteiger charge is -2.04. The van der Waals surface area contributed by atoms with Gasteiger partial charge in [0.2, 0.25) is 17.8 Å². The summed E-state index contributed by atoms with van der Waals surface area (Å²) in [4.78, 5) is 27.4. The Kier molecular flexibility index (Phi) is 3.85. The molecule has 0 unspecified atom stereocenters. The van der Waals surface area contributed by atoms with E-state index in [0.29, 0.717) is 5.56 Å². The summed E-state index contributed by atoms with van der Waals surface area (Å²) in [7, 11) is 0. The minimum Gasteiger partial charge on any atom is -0.287 e. The number of benzene rings is 2. The molecule has 126 valence electrons. The predicted molar refractivity (Wildman–Crippen MR) is 96.9 cm³/mol. The van der Waals surface area contributed by atoms with Gasteiger partial charge in [-0.3, -0.25) is 14.9 Å². The first kappa shape index (κ1) is 15.8. The van der Waals surface area contributed by atoms with Crippen molar-refractivity contribution in [1.29, 1.82) is 0 Å². The largest absolute Gasteiger partial charge is 0.287 e. The molecule has 0 N–H and O–H groups in total. The summed E-state index contributed by atoms with van der Waals surface area (Å²) in [5, 5.41) is 12.8. The topological polar surface area (TPSA) is 77.0 Å². The summed E-state index contributed by atoms with van der Waals surface area (Å²) >= 11 is 0. The van der Waals surface area contributed by atoms with Gasteiger partial charge in [0.25, 0.3) is 5.69 Å². The summed E-state index contributed by atoms with van der Waals surface area (Å²) in [6, 6.07) is 17.4. The van der Waals surface area contributed by atoms with Gasteiger partial charge in [0.05, 0.1) is 4.92 Å². The van der Waals surface area contributed by atoms with Crippen molar-refractivity contribution >= 4 is 33.3 Å². The van der Waals surface area contributed by atoms with Crippen molar-refractivity contribution in [2.45, 2.75) is 6.54 Å². The van der Waals surface area contributed by atoms with Gasteiger partial charge in [-0.25, -0.2) is 4.98 Å². The van der Waals surface area contributed by atoms with Crippen LogP contribution in [0.1, 0.15) is 10.4 Å². The number of hydrogen-bond acceptors (Lipinski definition) is 4. The number of rotatable bonds is 4. The van der Waals surface area contributed by atoms with Gasteiger partial charge in [-0.2, -0.15) is 4.57 Å². The summed E-state index contributed by atoms with van der Waals surface area (Å²) < 4.78 is 1.87. The van der Waals surface area contributed by atoms with Gasteiger partial charge in [-0.15, -0.1) is 0 Å². The SMILES string of the molecule is O=C(C[n+]1cccc2ccc3cccnc3c21)c1ccc([N+](=O)[O-])cc1. The van der Waals surface area contributed by atoms with E-state index >= 15 is 0 Å². The Labute approximate surface area is 148 Å². The van der Waals surface area contributed by atoms with Crippen LogP contribution in [0.2, 0.25) is 0 Å². The van der Waals surface area contributed by atoms with Gasteiger partial charge in [-0.05, 0) is 30.3 Å². The van der Waals surface area contributed by atoms with Crippen LogP contribution < -0.4 is 4.57 Å². The molecule has 0 bridgehead atoms. The maximum atomic E-state index is 12.7. The van der Waals surface area contributed by atoms with E-state index in [1.54, 1.807) is 6.20 Å². The summed E-state index contributed by atoms with van der Waals surface area (Å²) in [6.07, 6.45) is 3.58. The van der Waals surface area contributed by atoms with Crippen LogP contribution in [0.5, 0.6) is 0 Å². The van der Waals surface area contributed by atoms with Crippen LogP contribution in [-0.2, 0) is 6.54 Å². The third-order valence-electron chi connectivity index (χ3n) is 4.32. The molecule has 2 aromatic carbocycles. The molecule has 0 amide bonds. The lowest BCUT2D eigenvalue weighted by Crippen LogP contribution is -2.38. The number of Topliss-reactive ketones (excluding diaryl/α,β-unsaturated/α-hetero) is 1. The fourth-order valence-electron chi connectivity index (χ4n) is 3.05. The highest BCUT2D eigenvalue weighted by molar-refractivity contribution is 6.01. The number of nitro groups is 1. The average molecular weight is 344 g/mol. The summed E-state index contributed by atoms with van der Waals surface area (Å²) in [6.45, 7) is 0.130. The predicted octanol–water partition coefficient (Wildman–Crippen LogP) is 3.47. The van der Waals surface area contributed by atoms with Crippen LogP contribution >= 0.6 is 0 Å². The van der Waals surface area contributed by atoms with Gasteiger partial charge in [-0.1, -0.05) is 12.1 Å². The first-order valence-corrected chi connectivity index (χ1v) is 8.07. The molecule has 26 heavy (non-hydrogen) atoms. The Morgan fingerprint density at radius 2 is 1.73 bits per heavy atom. The van der Waals surface area contributed by atoms with E-state index in [2.05, 4.69) is 4.98 Å². The number of non-ortho nitro benzene ring substituents is 1. The highest BCUT2D eigenvalue weighted by Gasteiger charge is 2.18. The number of nitro benzene ring substituents is 1. The number of ketones is 1. The Balaban J connectivity index is 1.76. The second-order valence-corrected chi connectivity index (χ2v) is 5.94. The molecule has 4 rings (SSSR count). The number of carbonyl (C=O) groups is 1. The molecule has 0 radical (unpaired) electrons. The van der Waals surface area contributed by atoms with Crippen LogP contribution in [0.15, 0.2) is 73.1 Å². The van der Waals surface area contributed by atoms with Gasteiger partial charge >= 0.3 is 0 Å². The molecule has 0 aliphatic carbocycles. The van der Waals surface area contributed by atoms with Gasteiger partial charge < -0.3 is 0 Å². The van der Waals surface area contributed by atoms with E-state index in [1.165, 1.54) is 24.3 Å². The zero-order chi connectivity index (χ0) is 18.1. The number of pyridine rings is 2. The molecule has 2 aromatic heterocycles. The highest BCUT2D eigenvalue weighted by Crippen LogP contribution is 2.20. The molecule has 0 atom stereocenters. The Bertz CT molecular complexity index is 1150. The molecule has 0 saturated carbocycles. The highest BCUT2D eigenvalue weighted by atomic mass is 16.6. The third kappa shape index (κ3) is 2.77. The fraction of sp³-hybridized carbons (Fsp3) is 0.0500. The van der Waals surface area contributed by atoms with Crippen molar-refractivity contribution in [3.05, 3.63) is 88.7 Å². The first-order valence-electron chi connectivity index (χ1n) is 8.07. The van der Waals surface area contributed by atoms with Crippen molar-refractivity contribution in [3.63, 3.8) is 0 Å². The molecular formula is C20H14N3O3+. The van der Waals surface area contributed by atoms with E-state index < -0.39 is 4.92 Å². The van der Waals surface area contributed by atoms with E-state index in [-0.39, 0.29) is 18.0 Å². The molecule has 0 fully saturated rings. The van der Waals surface area contributed by atoms with Crippen molar-refractivity contribution in [2.75, 3.05) is 0 Å². The smallest absolute Gasteiger partial charge is 0.269 e. The van der Waals surface area contributed by atoms with Crippen molar-refractivity contribution in [2.24, 2.45) is 0 Å². The molecule has 6 heteroatoms. The van der Waals surface area contributed by atoms with Crippen LogP contribution in [0.3, 0.4) is 0 Å². The van der Waals surface area contributed by atoms with E-state index in [1.807, 2.05) is 47.2 Å². The number of aromatic nitrogens is 2. The Hall–Kier alpha value is -3.67. The second kappa shape index (κ2) is 6.33. The van der Waals surface area contributed by atoms with Crippen LogP contribution in [-0.4, -0.2) is 15.7 Å². The number of fused-ring (bicyclic) bond motifs is 3. The van der Waals surface area contributed by atoms with Gasteiger partial charge in [0.1, 0.15) is 5.52 Å². The maximum absolute atomic E-state index is 12.7. The van der Waals surface area contributed by atoms with E-state index in [4.69, 9.17) is 0 Å². The number of nitrogens with zero attached hydrogens (tertiary/aromatic N) is 3. The van der Waals surface area contributed by atoms with Crippen LogP contribution in [0, 0.1) is 10.1 Å². The minimum absolute atomic E-state index is 0.0328. The number of hydrogen-bond donors (Lipinski definition) is 0. The number of carbonyl (C=O) groups excluding carboxylic acids is 1. The fourth-order valence-corrected chi connectivity index (χ4v) is 3.05. The molecule has 2 heterocycles. The molecular weight excluding hydrogens is 330 g/mol. The zero-order valence-corrected chi connectivity index (χ0v) is 13.7. The Morgan fingerprint density at radius 1 is 1.00 bits per heavy atom.